The maximum absolute atomic E-state index is 13.0. The minimum Gasteiger partial charge on any atom is -0.366 e. The minimum atomic E-state index is -4.37. The van der Waals surface area contributed by atoms with Crippen LogP contribution in [0.3, 0.4) is 0 Å². The number of anilines is 2. The molecule has 4 rings (SSSR count). The Morgan fingerprint density at radius 1 is 1.10 bits per heavy atom. The molecule has 0 saturated carbocycles. The summed E-state index contributed by atoms with van der Waals surface area (Å²) < 4.78 is 39.1. The second kappa shape index (κ2) is 7.48. The maximum Gasteiger partial charge on any atom is 0.416 e. The summed E-state index contributed by atoms with van der Waals surface area (Å²) >= 11 is 0. The SMILES string of the molecule is Cc1cc(Cc2cccc(C(F)(F)F)c2)cc(N2CCc3c(C(N)=O)cccc32)n1. The molecule has 0 aliphatic carbocycles. The lowest BCUT2D eigenvalue weighted by Gasteiger charge is -2.20. The van der Waals surface area contributed by atoms with E-state index in [9.17, 15) is 18.0 Å². The van der Waals surface area contributed by atoms with E-state index < -0.39 is 17.6 Å². The average Bonchev–Trinajstić information content (AvgIpc) is 3.11. The highest BCUT2D eigenvalue weighted by Crippen LogP contribution is 2.36. The van der Waals surface area contributed by atoms with E-state index in [-0.39, 0.29) is 0 Å². The van der Waals surface area contributed by atoms with Crippen LogP contribution in [0, 0.1) is 6.92 Å². The minimum absolute atomic E-state index is 0.363. The smallest absolute Gasteiger partial charge is 0.366 e. The Balaban J connectivity index is 1.67. The standard InChI is InChI=1S/C23H20F3N3O/c1-14-10-16(11-15-4-2-5-17(12-15)23(24,25)26)13-21(28-14)29-9-8-18-19(22(27)30)6-3-7-20(18)29/h2-7,10,12-13H,8-9,11H2,1H3,(H2,27,30). The summed E-state index contributed by atoms with van der Waals surface area (Å²) in [5.74, 6) is 0.244. The molecule has 7 heteroatoms. The molecule has 1 aromatic heterocycles. The van der Waals surface area contributed by atoms with Crippen LogP contribution >= 0.6 is 0 Å². The van der Waals surface area contributed by atoms with Crippen molar-refractivity contribution in [1.29, 1.82) is 0 Å². The number of nitrogens with two attached hydrogens (primary N) is 1. The summed E-state index contributed by atoms with van der Waals surface area (Å²) in [6.45, 7) is 2.51. The number of aryl methyl sites for hydroxylation is 1. The quantitative estimate of drug-likeness (QED) is 0.671. The number of aromatic nitrogens is 1. The van der Waals surface area contributed by atoms with Crippen molar-refractivity contribution in [2.24, 2.45) is 5.73 Å². The summed E-state index contributed by atoms with van der Waals surface area (Å²) in [6, 6.07) is 14.6. The van der Waals surface area contributed by atoms with Crippen molar-refractivity contribution in [3.8, 4) is 0 Å². The first-order valence-corrected chi connectivity index (χ1v) is 9.55. The van der Waals surface area contributed by atoms with E-state index in [1.165, 1.54) is 12.1 Å². The van der Waals surface area contributed by atoms with E-state index in [4.69, 9.17) is 5.73 Å². The third-order valence-corrected chi connectivity index (χ3v) is 5.23. The highest BCUT2D eigenvalue weighted by atomic mass is 19.4. The molecule has 4 nitrogen and oxygen atoms in total. The normalized spacial score (nSPS) is 13.4. The van der Waals surface area contributed by atoms with E-state index in [0.717, 1.165) is 28.6 Å². The van der Waals surface area contributed by atoms with Gasteiger partial charge in [0.1, 0.15) is 5.82 Å². The van der Waals surface area contributed by atoms with Gasteiger partial charge in [-0.2, -0.15) is 13.2 Å². The van der Waals surface area contributed by atoms with Gasteiger partial charge < -0.3 is 10.6 Å². The van der Waals surface area contributed by atoms with Crippen molar-refractivity contribution in [2.75, 3.05) is 11.4 Å². The van der Waals surface area contributed by atoms with Crippen LogP contribution in [-0.2, 0) is 19.0 Å². The lowest BCUT2D eigenvalue weighted by atomic mass is 10.0. The van der Waals surface area contributed by atoms with Gasteiger partial charge in [0.2, 0.25) is 5.91 Å². The van der Waals surface area contributed by atoms with Gasteiger partial charge in [0.05, 0.1) is 5.56 Å². The predicted molar refractivity (Wildman–Crippen MR) is 109 cm³/mol. The fraction of sp³-hybridized carbons (Fsp3) is 0.217. The van der Waals surface area contributed by atoms with E-state index in [1.54, 1.807) is 18.2 Å². The van der Waals surface area contributed by atoms with E-state index in [0.29, 0.717) is 36.3 Å². The number of hydrogen-bond donors (Lipinski definition) is 1. The first kappa shape index (κ1) is 19.9. The zero-order valence-corrected chi connectivity index (χ0v) is 16.3. The molecule has 154 valence electrons. The van der Waals surface area contributed by atoms with Gasteiger partial charge in [-0.3, -0.25) is 4.79 Å². The summed E-state index contributed by atoms with van der Waals surface area (Å²) in [4.78, 5) is 18.4. The zero-order valence-electron chi connectivity index (χ0n) is 16.3. The van der Waals surface area contributed by atoms with Crippen molar-refractivity contribution >= 4 is 17.4 Å². The van der Waals surface area contributed by atoms with Crippen LogP contribution in [0.1, 0.15) is 38.3 Å². The Labute approximate surface area is 172 Å². The van der Waals surface area contributed by atoms with Crippen molar-refractivity contribution in [3.05, 3.63) is 88.1 Å². The van der Waals surface area contributed by atoms with Crippen molar-refractivity contribution in [3.63, 3.8) is 0 Å². The van der Waals surface area contributed by atoms with Crippen molar-refractivity contribution in [2.45, 2.75) is 25.9 Å². The Bertz CT molecular complexity index is 1120. The topological polar surface area (TPSA) is 59.2 Å². The number of alkyl halides is 3. The molecule has 0 radical (unpaired) electrons. The van der Waals surface area contributed by atoms with Crippen LogP contribution in [-0.4, -0.2) is 17.4 Å². The first-order chi connectivity index (χ1) is 14.2. The van der Waals surface area contributed by atoms with Gasteiger partial charge in [-0.25, -0.2) is 4.98 Å². The van der Waals surface area contributed by atoms with Gasteiger partial charge in [0.15, 0.2) is 0 Å². The highest BCUT2D eigenvalue weighted by Gasteiger charge is 2.30. The maximum atomic E-state index is 13.0. The number of carbonyl (C=O) groups excluding carboxylic acids is 1. The molecule has 0 saturated heterocycles. The number of pyridine rings is 1. The highest BCUT2D eigenvalue weighted by molar-refractivity contribution is 5.96. The molecule has 2 aromatic carbocycles. The number of nitrogens with zero attached hydrogens (tertiary/aromatic N) is 2. The molecular weight excluding hydrogens is 391 g/mol. The third kappa shape index (κ3) is 3.87. The Morgan fingerprint density at radius 3 is 2.60 bits per heavy atom. The monoisotopic (exact) mass is 411 g/mol. The van der Waals surface area contributed by atoms with E-state index in [2.05, 4.69) is 4.98 Å². The molecule has 30 heavy (non-hydrogen) atoms. The molecule has 0 unspecified atom stereocenters. The van der Waals surface area contributed by atoms with Gasteiger partial charge in [-0.05, 0) is 66.8 Å². The van der Waals surface area contributed by atoms with Crippen LogP contribution in [0.2, 0.25) is 0 Å². The van der Waals surface area contributed by atoms with Gasteiger partial charge in [-0.1, -0.05) is 24.3 Å². The van der Waals surface area contributed by atoms with Crippen LogP contribution < -0.4 is 10.6 Å². The number of fused-ring (bicyclic) bond motifs is 1. The first-order valence-electron chi connectivity index (χ1n) is 9.55. The van der Waals surface area contributed by atoms with Gasteiger partial charge >= 0.3 is 6.18 Å². The number of halogens is 3. The summed E-state index contributed by atoms with van der Waals surface area (Å²) in [7, 11) is 0. The fourth-order valence-corrected chi connectivity index (χ4v) is 3.96. The van der Waals surface area contributed by atoms with E-state index >= 15 is 0 Å². The van der Waals surface area contributed by atoms with E-state index in [1.807, 2.05) is 30.0 Å². The zero-order chi connectivity index (χ0) is 21.5. The summed E-state index contributed by atoms with van der Waals surface area (Å²) in [5.41, 5.74) is 9.35. The fourth-order valence-electron chi connectivity index (χ4n) is 3.96. The number of hydrogen-bond acceptors (Lipinski definition) is 3. The van der Waals surface area contributed by atoms with Crippen LogP contribution in [0.15, 0.2) is 54.6 Å². The number of benzene rings is 2. The number of amides is 1. The Morgan fingerprint density at radius 2 is 1.87 bits per heavy atom. The lowest BCUT2D eigenvalue weighted by Crippen LogP contribution is -2.16. The average molecular weight is 411 g/mol. The third-order valence-electron chi connectivity index (χ3n) is 5.23. The predicted octanol–water partition coefficient (Wildman–Crippen LogP) is 4.79. The Hall–Kier alpha value is -3.35. The molecule has 3 aromatic rings. The molecule has 2 heterocycles. The molecule has 0 spiro atoms. The number of rotatable bonds is 4. The van der Waals surface area contributed by atoms with Crippen molar-refractivity contribution in [1.82, 2.24) is 4.98 Å². The molecule has 1 aliphatic heterocycles. The van der Waals surface area contributed by atoms with Crippen molar-refractivity contribution < 1.29 is 18.0 Å². The summed E-state index contributed by atoms with van der Waals surface area (Å²) in [5, 5.41) is 0. The second-order valence-electron chi connectivity index (χ2n) is 7.42. The largest absolute Gasteiger partial charge is 0.416 e. The van der Waals surface area contributed by atoms with Gasteiger partial charge in [-0.15, -0.1) is 0 Å². The number of carbonyl (C=O) groups is 1. The molecule has 1 amide bonds. The lowest BCUT2D eigenvalue weighted by molar-refractivity contribution is -0.137. The molecule has 0 fully saturated rings. The second-order valence-corrected chi connectivity index (χ2v) is 7.42. The molecule has 0 bridgehead atoms. The molecule has 2 N–H and O–H groups in total. The van der Waals surface area contributed by atoms with Crippen LogP contribution in [0.5, 0.6) is 0 Å². The molecule has 0 atom stereocenters. The van der Waals surface area contributed by atoms with Crippen LogP contribution in [0.25, 0.3) is 0 Å². The van der Waals surface area contributed by atoms with Gasteiger partial charge in [0.25, 0.3) is 0 Å². The molecule has 1 aliphatic rings. The summed E-state index contributed by atoms with van der Waals surface area (Å²) in [6.07, 6.45) is -3.33. The Kier molecular flexibility index (Phi) is 4.97. The van der Waals surface area contributed by atoms with Crippen LogP contribution in [0.4, 0.5) is 24.7 Å². The van der Waals surface area contributed by atoms with Gasteiger partial charge in [0, 0.05) is 23.5 Å². The number of primary amides is 1. The molecular formula is C23H20F3N3O.